The van der Waals surface area contributed by atoms with Gasteiger partial charge in [-0.3, -0.25) is 0 Å². The van der Waals surface area contributed by atoms with Crippen molar-refractivity contribution in [3.63, 3.8) is 0 Å². The second-order valence-electron chi connectivity index (χ2n) is 4.21. The maximum absolute atomic E-state index is 5.88. The van der Waals surface area contributed by atoms with E-state index in [4.69, 9.17) is 27.1 Å². The molecule has 0 spiro atoms. The number of anilines is 1. The van der Waals surface area contributed by atoms with Crippen LogP contribution < -0.4 is 10.8 Å². The Hall–Kier alpha value is -0.810. The average molecular weight is 257 g/mol. The van der Waals surface area contributed by atoms with Crippen LogP contribution in [0.3, 0.4) is 0 Å². The quantitative estimate of drug-likeness (QED) is 0.835. The first-order valence-corrected chi connectivity index (χ1v) is 5.99. The zero-order valence-corrected chi connectivity index (χ0v) is 10.6. The molecule has 1 saturated heterocycles. The first kappa shape index (κ1) is 12.6. The van der Waals surface area contributed by atoms with Crippen molar-refractivity contribution in [2.75, 3.05) is 25.2 Å². The van der Waals surface area contributed by atoms with Crippen LogP contribution in [0.4, 0.5) is 5.69 Å². The van der Waals surface area contributed by atoms with Crippen LogP contribution in [-0.4, -0.2) is 32.4 Å². The van der Waals surface area contributed by atoms with Crippen molar-refractivity contribution >= 4 is 17.3 Å². The summed E-state index contributed by atoms with van der Waals surface area (Å²) in [5.41, 5.74) is 1.12. The molecule has 2 N–H and O–H groups in total. The molecule has 4 nitrogen and oxygen atoms in total. The Morgan fingerprint density at radius 3 is 2.71 bits per heavy atom. The maximum atomic E-state index is 5.88. The van der Waals surface area contributed by atoms with Crippen LogP contribution in [0.5, 0.6) is 0 Å². The number of methoxy groups -OCH3 is 1. The van der Waals surface area contributed by atoms with Crippen LogP contribution in [0, 0.1) is 0 Å². The predicted octanol–water partition coefficient (Wildman–Crippen LogP) is 1.82. The highest BCUT2D eigenvalue weighted by molar-refractivity contribution is 6.30. The summed E-state index contributed by atoms with van der Waals surface area (Å²) < 4.78 is 5.40. The van der Waals surface area contributed by atoms with Gasteiger partial charge in [0.25, 0.3) is 0 Å². The summed E-state index contributed by atoms with van der Waals surface area (Å²) in [4.78, 5) is 7.02. The van der Waals surface area contributed by atoms with Crippen molar-refractivity contribution in [3.8, 4) is 0 Å². The minimum Gasteiger partial charge on any atom is -0.380 e. The minimum atomic E-state index is 0.228. The van der Waals surface area contributed by atoms with Crippen LogP contribution in [0.2, 0.25) is 5.02 Å². The highest BCUT2D eigenvalue weighted by Gasteiger charge is 2.32. The van der Waals surface area contributed by atoms with Crippen molar-refractivity contribution in [3.05, 3.63) is 29.3 Å². The van der Waals surface area contributed by atoms with E-state index in [1.807, 2.05) is 24.3 Å². The predicted molar refractivity (Wildman–Crippen MR) is 68.1 cm³/mol. The summed E-state index contributed by atoms with van der Waals surface area (Å²) in [5, 5.41) is 0.739. The number of ether oxygens (including phenoxy) is 1. The lowest BCUT2D eigenvalue weighted by Gasteiger charge is -2.25. The van der Waals surface area contributed by atoms with Gasteiger partial charge < -0.3 is 14.5 Å². The fourth-order valence-corrected chi connectivity index (χ4v) is 2.39. The Morgan fingerprint density at radius 1 is 1.41 bits per heavy atom. The summed E-state index contributed by atoms with van der Waals surface area (Å²) in [6.07, 6.45) is 1.15. The van der Waals surface area contributed by atoms with Gasteiger partial charge in [0.1, 0.15) is 0 Å². The summed E-state index contributed by atoms with van der Waals surface area (Å²) in [5.74, 6) is 5.17. The van der Waals surface area contributed by atoms with Crippen molar-refractivity contribution in [1.29, 1.82) is 0 Å². The van der Waals surface area contributed by atoms with Gasteiger partial charge in [-0.1, -0.05) is 11.6 Å². The van der Waals surface area contributed by atoms with Crippen molar-refractivity contribution < 1.29 is 9.57 Å². The molecule has 5 heteroatoms. The maximum Gasteiger partial charge on any atom is 0.0883 e. The lowest BCUT2D eigenvalue weighted by atomic mass is 10.2. The molecule has 0 aromatic heterocycles. The van der Waals surface area contributed by atoms with Crippen molar-refractivity contribution in [1.82, 2.24) is 0 Å². The van der Waals surface area contributed by atoms with E-state index in [1.54, 1.807) is 7.11 Å². The van der Waals surface area contributed by atoms with E-state index in [2.05, 4.69) is 4.90 Å². The molecule has 94 valence electrons. The Balaban J connectivity index is 2.14. The van der Waals surface area contributed by atoms with Gasteiger partial charge in [0.05, 0.1) is 18.8 Å². The van der Waals surface area contributed by atoms with E-state index >= 15 is 0 Å². The number of benzene rings is 1. The molecule has 2 atom stereocenters. The Bertz CT molecular complexity index is 358. The molecule has 1 aromatic rings. The molecule has 0 aliphatic carbocycles. The molecule has 2 rings (SSSR count). The van der Waals surface area contributed by atoms with Gasteiger partial charge in [-0.2, -0.15) is 0 Å². The molecule has 0 bridgehead atoms. The van der Waals surface area contributed by atoms with Gasteiger partial charge in [-0.15, -0.1) is 0 Å². The smallest absolute Gasteiger partial charge is 0.0883 e. The van der Waals surface area contributed by atoms with E-state index in [1.165, 1.54) is 0 Å². The first-order chi connectivity index (χ1) is 8.24. The third-order valence-electron chi connectivity index (χ3n) is 3.16. The largest absolute Gasteiger partial charge is 0.380 e. The fourth-order valence-electron chi connectivity index (χ4n) is 2.26. The van der Waals surface area contributed by atoms with Crippen LogP contribution in [0.15, 0.2) is 24.3 Å². The number of nitrogens with two attached hydrogens (primary N) is 1. The molecule has 1 heterocycles. The van der Waals surface area contributed by atoms with Crippen LogP contribution in [-0.2, 0) is 9.57 Å². The second-order valence-corrected chi connectivity index (χ2v) is 4.65. The standard InChI is InChI=1S/C12H17ClN2O2/c1-16-12-6-11(8-17-14)15(7-12)10-4-2-9(13)3-5-10/h2-5,11-12H,6-8,14H2,1H3/t11-,12+/m0/s1. The SMILES string of the molecule is CO[C@@H]1C[C@@H](CON)N(c2ccc(Cl)cc2)C1. The van der Waals surface area contributed by atoms with E-state index < -0.39 is 0 Å². The zero-order chi connectivity index (χ0) is 12.3. The molecule has 17 heavy (non-hydrogen) atoms. The first-order valence-electron chi connectivity index (χ1n) is 5.61. The number of halogens is 1. The number of rotatable bonds is 4. The number of hydrogen-bond donors (Lipinski definition) is 1. The van der Waals surface area contributed by atoms with Gasteiger partial charge in [0.2, 0.25) is 0 Å². The molecule has 1 aromatic carbocycles. The molecule has 0 radical (unpaired) electrons. The van der Waals surface area contributed by atoms with Crippen molar-refractivity contribution in [2.24, 2.45) is 5.90 Å². The molecule has 1 aliphatic heterocycles. The van der Waals surface area contributed by atoms with E-state index in [0.717, 1.165) is 23.7 Å². The summed E-state index contributed by atoms with van der Waals surface area (Å²) in [6.45, 7) is 1.36. The Labute approximate surface area is 106 Å². The van der Waals surface area contributed by atoms with E-state index in [-0.39, 0.29) is 12.1 Å². The third-order valence-corrected chi connectivity index (χ3v) is 3.41. The molecule has 1 aliphatic rings. The van der Waals surface area contributed by atoms with Gasteiger partial charge in [-0.25, -0.2) is 5.90 Å². The van der Waals surface area contributed by atoms with Gasteiger partial charge in [0.15, 0.2) is 0 Å². The molecule has 0 amide bonds. The number of nitrogens with zero attached hydrogens (tertiary/aromatic N) is 1. The van der Waals surface area contributed by atoms with Gasteiger partial charge in [-0.05, 0) is 30.7 Å². The lowest BCUT2D eigenvalue weighted by Crippen LogP contribution is -2.34. The van der Waals surface area contributed by atoms with Gasteiger partial charge >= 0.3 is 0 Å². The monoisotopic (exact) mass is 256 g/mol. The second kappa shape index (κ2) is 5.69. The molecule has 1 fully saturated rings. The minimum absolute atomic E-state index is 0.228. The molecule has 0 unspecified atom stereocenters. The summed E-state index contributed by atoms with van der Waals surface area (Å²) in [7, 11) is 1.73. The normalized spacial score (nSPS) is 24.3. The molecular weight excluding hydrogens is 240 g/mol. The van der Waals surface area contributed by atoms with Crippen LogP contribution in [0.25, 0.3) is 0 Å². The summed E-state index contributed by atoms with van der Waals surface area (Å²) in [6, 6.07) is 8.04. The molecule has 0 saturated carbocycles. The van der Waals surface area contributed by atoms with E-state index in [0.29, 0.717) is 6.61 Å². The topological polar surface area (TPSA) is 47.7 Å². The Morgan fingerprint density at radius 2 is 2.12 bits per heavy atom. The van der Waals surface area contributed by atoms with E-state index in [9.17, 15) is 0 Å². The third kappa shape index (κ3) is 2.90. The highest BCUT2D eigenvalue weighted by Crippen LogP contribution is 2.28. The highest BCUT2D eigenvalue weighted by atomic mass is 35.5. The van der Waals surface area contributed by atoms with Crippen molar-refractivity contribution in [2.45, 2.75) is 18.6 Å². The average Bonchev–Trinajstić information content (AvgIpc) is 2.74. The fraction of sp³-hybridized carbons (Fsp3) is 0.500. The molecular formula is C12H17ClN2O2. The zero-order valence-electron chi connectivity index (χ0n) is 9.80. The van der Waals surface area contributed by atoms with Crippen LogP contribution >= 0.6 is 11.6 Å². The van der Waals surface area contributed by atoms with Crippen LogP contribution in [0.1, 0.15) is 6.42 Å². The Kier molecular flexibility index (Phi) is 4.23. The number of hydrogen-bond acceptors (Lipinski definition) is 4. The van der Waals surface area contributed by atoms with Gasteiger partial charge in [0, 0.05) is 24.4 Å². The summed E-state index contributed by atoms with van der Waals surface area (Å²) >= 11 is 5.88. The lowest BCUT2D eigenvalue weighted by molar-refractivity contribution is 0.0983.